The summed E-state index contributed by atoms with van der Waals surface area (Å²) >= 11 is 0. The number of carboxylic acid groups (broad SMARTS) is 1. The molecular weight excluding hydrogens is 228 g/mol. The number of carboxylic acids is 1. The third kappa shape index (κ3) is 7.29. The summed E-state index contributed by atoms with van der Waals surface area (Å²) in [5.41, 5.74) is 0. The molecule has 0 aromatic carbocycles. The summed E-state index contributed by atoms with van der Waals surface area (Å²) in [4.78, 5) is 33.0. The van der Waals surface area contributed by atoms with Crippen molar-refractivity contribution in [3.63, 3.8) is 0 Å². The van der Waals surface area contributed by atoms with Gasteiger partial charge >= 0.3 is 11.9 Å². The highest BCUT2D eigenvalue weighted by molar-refractivity contribution is 5.85. The number of carbonyl (C=O) groups excluding carboxylic acids is 2. The van der Waals surface area contributed by atoms with Gasteiger partial charge in [0, 0.05) is 6.42 Å². The van der Waals surface area contributed by atoms with Gasteiger partial charge < -0.3 is 20.5 Å². The molecule has 0 aliphatic rings. The molecule has 0 aliphatic carbocycles. The third-order valence-electron chi connectivity index (χ3n) is 2.03. The summed E-state index contributed by atoms with van der Waals surface area (Å²) in [6, 6.07) is -1.07. The monoisotopic (exact) mass is 246 g/mol. The van der Waals surface area contributed by atoms with Gasteiger partial charge in [0.15, 0.2) is 0 Å². The smallest absolute Gasteiger partial charge is 0.326 e. The van der Waals surface area contributed by atoms with Crippen LogP contribution in [0, 0.1) is 0 Å². The van der Waals surface area contributed by atoms with E-state index in [0.717, 1.165) is 0 Å². The second kappa shape index (κ2) is 8.51. The molecule has 98 valence electrons. The second-order valence-electron chi connectivity index (χ2n) is 3.35. The molecule has 0 saturated heterocycles. The van der Waals surface area contributed by atoms with Crippen LogP contribution in [0.5, 0.6) is 0 Å². The number of nitrogens with one attached hydrogen (secondary N) is 2. The Morgan fingerprint density at radius 1 is 1.35 bits per heavy atom. The zero-order valence-electron chi connectivity index (χ0n) is 9.99. The van der Waals surface area contributed by atoms with Crippen molar-refractivity contribution in [2.24, 2.45) is 0 Å². The summed E-state index contributed by atoms with van der Waals surface area (Å²) in [6.07, 6.45) is -0.0329. The van der Waals surface area contributed by atoms with Gasteiger partial charge in [0.1, 0.15) is 6.04 Å². The van der Waals surface area contributed by atoms with Gasteiger partial charge in [-0.25, -0.2) is 4.79 Å². The molecule has 0 rings (SSSR count). The van der Waals surface area contributed by atoms with Crippen molar-refractivity contribution in [2.75, 3.05) is 20.2 Å². The Kier molecular flexibility index (Phi) is 7.70. The number of methoxy groups -OCH3 is 1. The van der Waals surface area contributed by atoms with E-state index in [9.17, 15) is 14.4 Å². The fraction of sp³-hybridized carbons (Fsp3) is 0.700. The first kappa shape index (κ1) is 15.4. The van der Waals surface area contributed by atoms with E-state index in [1.54, 1.807) is 0 Å². The van der Waals surface area contributed by atoms with E-state index in [0.29, 0.717) is 6.54 Å². The van der Waals surface area contributed by atoms with Crippen LogP contribution in [-0.4, -0.2) is 49.2 Å². The summed E-state index contributed by atoms with van der Waals surface area (Å²) in [6.45, 7) is 2.50. The zero-order valence-corrected chi connectivity index (χ0v) is 9.99. The van der Waals surface area contributed by atoms with Crippen LogP contribution >= 0.6 is 0 Å². The number of esters is 1. The first-order valence-electron chi connectivity index (χ1n) is 5.31. The van der Waals surface area contributed by atoms with Crippen molar-refractivity contribution in [1.82, 2.24) is 10.6 Å². The van der Waals surface area contributed by atoms with Crippen molar-refractivity contribution in [3.8, 4) is 0 Å². The molecule has 1 unspecified atom stereocenters. The largest absolute Gasteiger partial charge is 0.480 e. The summed E-state index contributed by atoms with van der Waals surface area (Å²) in [5.74, 6) is -2.08. The van der Waals surface area contributed by atoms with Crippen LogP contribution in [0.15, 0.2) is 0 Å². The zero-order chi connectivity index (χ0) is 13.3. The molecular formula is C10H18N2O5. The average Bonchev–Trinajstić information content (AvgIpc) is 2.30. The maximum absolute atomic E-state index is 11.3. The Balaban J connectivity index is 4.10. The summed E-state index contributed by atoms with van der Waals surface area (Å²) in [7, 11) is 1.22. The number of likely N-dealkylation sites (N-methyl/N-ethyl adjacent to an activating group) is 1. The minimum absolute atomic E-state index is 0.0138. The van der Waals surface area contributed by atoms with E-state index in [2.05, 4.69) is 15.4 Å². The van der Waals surface area contributed by atoms with E-state index < -0.39 is 23.9 Å². The Hall–Kier alpha value is -1.63. The number of hydrogen-bond donors (Lipinski definition) is 3. The molecule has 0 saturated carbocycles. The Morgan fingerprint density at radius 2 is 2.00 bits per heavy atom. The molecule has 7 heteroatoms. The molecule has 1 atom stereocenters. The highest BCUT2D eigenvalue weighted by Crippen LogP contribution is 1.99. The Bertz CT molecular complexity index is 280. The van der Waals surface area contributed by atoms with E-state index in [-0.39, 0.29) is 19.4 Å². The van der Waals surface area contributed by atoms with Gasteiger partial charge in [-0.3, -0.25) is 9.59 Å². The lowest BCUT2D eigenvalue weighted by atomic mass is 10.1. The maximum atomic E-state index is 11.3. The fourth-order valence-electron chi connectivity index (χ4n) is 1.11. The minimum Gasteiger partial charge on any atom is -0.480 e. The van der Waals surface area contributed by atoms with Crippen LogP contribution in [0.25, 0.3) is 0 Å². The van der Waals surface area contributed by atoms with Crippen LogP contribution < -0.4 is 10.6 Å². The lowest BCUT2D eigenvalue weighted by molar-refractivity contribution is -0.144. The highest BCUT2D eigenvalue weighted by Gasteiger charge is 2.20. The molecule has 0 radical (unpaired) electrons. The first-order valence-corrected chi connectivity index (χ1v) is 5.31. The van der Waals surface area contributed by atoms with Gasteiger partial charge in [-0.2, -0.15) is 0 Å². The van der Waals surface area contributed by atoms with Gasteiger partial charge in [-0.15, -0.1) is 0 Å². The lowest BCUT2D eigenvalue weighted by Crippen LogP contribution is -2.44. The molecule has 0 bridgehead atoms. The van der Waals surface area contributed by atoms with Crippen molar-refractivity contribution < 1.29 is 24.2 Å². The number of amides is 1. The van der Waals surface area contributed by atoms with E-state index >= 15 is 0 Å². The standard InChI is InChI=1S/C10H18N2O5/c1-3-11-6-8(13)12-7(10(15)16)4-5-9(14)17-2/h7,11H,3-6H2,1-2H3,(H,12,13)(H,15,16). The van der Waals surface area contributed by atoms with Gasteiger partial charge in [0.2, 0.25) is 5.91 Å². The summed E-state index contributed by atoms with van der Waals surface area (Å²) in [5, 5.41) is 13.9. The van der Waals surface area contributed by atoms with Crippen LogP contribution in [0.3, 0.4) is 0 Å². The molecule has 0 heterocycles. The molecule has 7 nitrogen and oxygen atoms in total. The molecule has 0 aromatic rings. The van der Waals surface area contributed by atoms with Gasteiger partial charge in [0.25, 0.3) is 0 Å². The van der Waals surface area contributed by atoms with Crippen LogP contribution in [-0.2, 0) is 19.1 Å². The molecule has 0 spiro atoms. The summed E-state index contributed by atoms with van der Waals surface area (Å²) < 4.78 is 4.39. The predicted molar refractivity (Wildman–Crippen MR) is 59.4 cm³/mol. The number of ether oxygens (including phenoxy) is 1. The Morgan fingerprint density at radius 3 is 2.47 bits per heavy atom. The predicted octanol–water partition coefficient (Wildman–Crippen LogP) is -0.881. The van der Waals surface area contributed by atoms with Gasteiger partial charge in [0.05, 0.1) is 13.7 Å². The normalized spacial score (nSPS) is 11.6. The number of rotatable bonds is 8. The van der Waals surface area contributed by atoms with Crippen molar-refractivity contribution in [2.45, 2.75) is 25.8 Å². The molecule has 0 aliphatic heterocycles. The quantitative estimate of drug-likeness (QED) is 0.480. The number of hydrogen-bond acceptors (Lipinski definition) is 5. The minimum atomic E-state index is -1.17. The average molecular weight is 246 g/mol. The van der Waals surface area contributed by atoms with E-state index in [4.69, 9.17) is 5.11 Å². The molecule has 17 heavy (non-hydrogen) atoms. The van der Waals surface area contributed by atoms with Crippen molar-refractivity contribution in [1.29, 1.82) is 0 Å². The molecule has 0 aromatic heterocycles. The number of aliphatic carboxylic acids is 1. The fourth-order valence-corrected chi connectivity index (χ4v) is 1.11. The van der Waals surface area contributed by atoms with E-state index in [1.165, 1.54) is 7.11 Å². The topological polar surface area (TPSA) is 105 Å². The molecule has 0 fully saturated rings. The lowest BCUT2D eigenvalue weighted by Gasteiger charge is -2.13. The Labute approximate surface area is 99.5 Å². The van der Waals surface area contributed by atoms with Crippen molar-refractivity contribution >= 4 is 17.8 Å². The third-order valence-corrected chi connectivity index (χ3v) is 2.03. The SMILES string of the molecule is CCNCC(=O)NC(CCC(=O)OC)C(=O)O. The van der Waals surface area contributed by atoms with Gasteiger partial charge in [-0.05, 0) is 13.0 Å². The van der Waals surface area contributed by atoms with E-state index in [1.807, 2.05) is 6.92 Å². The van der Waals surface area contributed by atoms with Gasteiger partial charge in [-0.1, -0.05) is 6.92 Å². The first-order chi connectivity index (χ1) is 8.01. The van der Waals surface area contributed by atoms with Crippen molar-refractivity contribution in [3.05, 3.63) is 0 Å². The van der Waals surface area contributed by atoms with Crippen LogP contribution in [0.2, 0.25) is 0 Å². The second-order valence-corrected chi connectivity index (χ2v) is 3.35. The highest BCUT2D eigenvalue weighted by atomic mass is 16.5. The molecule has 1 amide bonds. The van der Waals surface area contributed by atoms with Crippen LogP contribution in [0.1, 0.15) is 19.8 Å². The van der Waals surface area contributed by atoms with Crippen LogP contribution in [0.4, 0.5) is 0 Å². The number of carbonyl (C=O) groups is 3. The maximum Gasteiger partial charge on any atom is 0.326 e. The molecule has 3 N–H and O–H groups in total.